The number of benzene rings is 2. The van der Waals surface area contributed by atoms with Gasteiger partial charge < -0.3 is 21.7 Å². The van der Waals surface area contributed by atoms with Gasteiger partial charge in [0, 0.05) is 43.3 Å². The second-order valence-electron chi connectivity index (χ2n) is 7.25. The molecular weight excluding hydrogens is 348 g/mol. The van der Waals surface area contributed by atoms with E-state index in [-0.39, 0.29) is 0 Å². The molecule has 6 nitrogen and oxygen atoms in total. The number of nitrogens with zero attached hydrogens (tertiary/aromatic N) is 2. The van der Waals surface area contributed by atoms with E-state index in [0.717, 1.165) is 54.9 Å². The summed E-state index contributed by atoms with van der Waals surface area (Å²) < 4.78 is 0. The molecule has 0 fully saturated rings. The van der Waals surface area contributed by atoms with Crippen LogP contribution in [0.25, 0.3) is 10.9 Å². The third-order valence-electron chi connectivity index (χ3n) is 5.20. The summed E-state index contributed by atoms with van der Waals surface area (Å²) >= 11 is 0. The van der Waals surface area contributed by atoms with E-state index in [0.29, 0.717) is 6.54 Å². The van der Waals surface area contributed by atoms with Crippen LogP contribution >= 0.6 is 0 Å². The van der Waals surface area contributed by atoms with Crippen LogP contribution in [0.2, 0.25) is 0 Å². The average molecular weight is 377 g/mol. The van der Waals surface area contributed by atoms with Crippen LogP contribution in [-0.2, 0) is 13.0 Å². The number of nitrogens with one attached hydrogen (secondary N) is 2. The molecule has 146 valence electrons. The summed E-state index contributed by atoms with van der Waals surface area (Å²) in [6, 6.07) is 19.2. The molecule has 1 aromatic heterocycles. The zero-order valence-electron chi connectivity index (χ0n) is 16.1. The fourth-order valence-corrected chi connectivity index (χ4v) is 3.80. The summed E-state index contributed by atoms with van der Waals surface area (Å²) in [5, 5.41) is 7.67. The highest BCUT2D eigenvalue weighted by atomic mass is 15.2. The summed E-state index contributed by atoms with van der Waals surface area (Å²) in [6.07, 6.45) is 1.76. The number of hydrogen-bond donors (Lipinski definition) is 4. The molecule has 0 amide bonds. The lowest BCUT2D eigenvalue weighted by molar-refractivity contribution is 0.557. The maximum absolute atomic E-state index is 5.56. The minimum absolute atomic E-state index is 0.497. The summed E-state index contributed by atoms with van der Waals surface area (Å²) in [5.74, 6) is 1.02. The Labute approximate surface area is 165 Å². The van der Waals surface area contributed by atoms with Crippen LogP contribution in [0.1, 0.15) is 17.5 Å². The average Bonchev–Trinajstić information content (AvgIpc) is 2.93. The van der Waals surface area contributed by atoms with Gasteiger partial charge in [-0.05, 0) is 30.0 Å². The van der Waals surface area contributed by atoms with Crippen molar-refractivity contribution in [3.05, 3.63) is 65.7 Å². The molecule has 28 heavy (non-hydrogen) atoms. The quantitative estimate of drug-likeness (QED) is 0.390. The highest BCUT2D eigenvalue weighted by molar-refractivity contribution is 5.93. The van der Waals surface area contributed by atoms with E-state index < -0.39 is 6.29 Å². The minimum Gasteiger partial charge on any atom is -0.383 e. The fraction of sp³-hybridized carbons (Fsp3) is 0.318. The third kappa shape index (κ3) is 4.25. The first-order chi connectivity index (χ1) is 13.7. The number of nitrogens with two attached hydrogens (primary N) is 2. The van der Waals surface area contributed by atoms with Crippen molar-refractivity contribution in [2.75, 3.05) is 29.9 Å². The van der Waals surface area contributed by atoms with E-state index >= 15 is 0 Å². The topological polar surface area (TPSA) is 92.2 Å². The molecule has 0 spiro atoms. The fourth-order valence-electron chi connectivity index (χ4n) is 3.80. The standard InChI is InChI=1S/C22H28N6/c23-22(24)26-12-11-25-20-14-21(27-19-10-4-3-9-18(19)20)28-13-5-8-16-6-1-2-7-17(16)15-28/h1-4,6-7,9-10,14,22,26H,5,8,11-13,15,23-24H2,(H,25,27). The first-order valence-corrected chi connectivity index (χ1v) is 9.90. The number of rotatable bonds is 6. The van der Waals surface area contributed by atoms with Gasteiger partial charge in [-0.15, -0.1) is 0 Å². The van der Waals surface area contributed by atoms with Crippen molar-refractivity contribution in [2.24, 2.45) is 11.5 Å². The lowest BCUT2D eigenvalue weighted by Gasteiger charge is -2.24. The molecule has 0 saturated carbocycles. The van der Waals surface area contributed by atoms with Crippen molar-refractivity contribution in [3.8, 4) is 0 Å². The van der Waals surface area contributed by atoms with Crippen LogP contribution in [0.4, 0.5) is 11.5 Å². The summed E-state index contributed by atoms with van der Waals surface area (Å²) in [4.78, 5) is 7.35. The van der Waals surface area contributed by atoms with Gasteiger partial charge >= 0.3 is 0 Å². The second kappa shape index (κ2) is 8.56. The second-order valence-corrected chi connectivity index (χ2v) is 7.25. The molecule has 6 N–H and O–H groups in total. The van der Waals surface area contributed by atoms with Crippen molar-refractivity contribution >= 4 is 22.4 Å². The SMILES string of the molecule is NC(N)NCCNc1cc(N2CCCc3ccccc3C2)nc2ccccc12. The van der Waals surface area contributed by atoms with Crippen molar-refractivity contribution < 1.29 is 0 Å². The normalized spacial score (nSPS) is 14.2. The number of aromatic nitrogens is 1. The Kier molecular flexibility index (Phi) is 5.71. The van der Waals surface area contributed by atoms with Gasteiger partial charge in [0.05, 0.1) is 5.52 Å². The zero-order chi connectivity index (χ0) is 19.3. The van der Waals surface area contributed by atoms with E-state index in [1.165, 1.54) is 11.1 Å². The van der Waals surface area contributed by atoms with Crippen molar-refractivity contribution in [2.45, 2.75) is 25.7 Å². The monoisotopic (exact) mass is 376 g/mol. The molecule has 6 heteroatoms. The number of para-hydroxylation sites is 1. The number of hydrogen-bond acceptors (Lipinski definition) is 6. The van der Waals surface area contributed by atoms with Gasteiger partial charge in [-0.1, -0.05) is 42.5 Å². The van der Waals surface area contributed by atoms with Gasteiger partial charge in [0.2, 0.25) is 0 Å². The van der Waals surface area contributed by atoms with Crippen LogP contribution in [0.5, 0.6) is 0 Å². The summed E-state index contributed by atoms with van der Waals surface area (Å²) in [6.45, 7) is 3.33. The highest BCUT2D eigenvalue weighted by Crippen LogP contribution is 2.29. The predicted molar refractivity (Wildman–Crippen MR) is 116 cm³/mol. The summed E-state index contributed by atoms with van der Waals surface area (Å²) in [7, 11) is 0. The number of anilines is 2. The van der Waals surface area contributed by atoms with Crippen LogP contribution in [-0.4, -0.2) is 30.9 Å². The largest absolute Gasteiger partial charge is 0.383 e. The molecule has 1 aliphatic rings. The van der Waals surface area contributed by atoms with Gasteiger partial charge in [-0.25, -0.2) is 4.98 Å². The molecule has 0 radical (unpaired) electrons. The lowest BCUT2D eigenvalue weighted by Crippen LogP contribution is -2.46. The highest BCUT2D eigenvalue weighted by Gasteiger charge is 2.17. The smallest absolute Gasteiger partial charge is 0.131 e. The molecule has 0 bridgehead atoms. The Morgan fingerprint density at radius 2 is 1.79 bits per heavy atom. The molecule has 0 aliphatic carbocycles. The molecule has 0 unspecified atom stereocenters. The van der Waals surface area contributed by atoms with Crippen molar-refractivity contribution in [1.29, 1.82) is 0 Å². The molecule has 3 aromatic rings. The third-order valence-corrected chi connectivity index (χ3v) is 5.20. The van der Waals surface area contributed by atoms with Crippen LogP contribution in [0.15, 0.2) is 54.6 Å². The Balaban J connectivity index is 1.62. The molecule has 4 rings (SSSR count). The Bertz CT molecular complexity index is 939. The maximum atomic E-state index is 5.56. The Hall–Kier alpha value is -2.67. The molecule has 1 aliphatic heterocycles. The molecule has 2 aromatic carbocycles. The first kappa shape index (κ1) is 18.7. The zero-order valence-corrected chi connectivity index (χ0v) is 16.1. The van der Waals surface area contributed by atoms with Crippen LogP contribution in [0, 0.1) is 0 Å². The number of pyridine rings is 1. The van der Waals surface area contributed by atoms with E-state index in [2.05, 4.69) is 58.0 Å². The van der Waals surface area contributed by atoms with Gasteiger partial charge in [-0.2, -0.15) is 0 Å². The lowest BCUT2D eigenvalue weighted by atomic mass is 10.0. The molecule has 0 saturated heterocycles. The number of aryl methyl sites for hydroxylation is 1. The van der Waals surface area contributed by atoms with E-state index in [1.54, 1.807) is 0 Å². The van der Waals surface area contributed by atoms with E-state index in [9.17, 15) is 0 Å². The van der Waals surface area contributed by atoms with Gasteiger partial charge in [-0.3, -0.25) is 5.32 Å². The Morgan fingerprint density at radius 1 is 1.00 bits per heavy atom. The molecule has 2 heterocycles. The van der Waals surface area contributed by atoms with E-state index in [4.69, 9.17) is 16.5 Å². The van der Waals surface area contributed by atoms with Crippen molar-refractivity contribution in [1.82, 2.24) is 10.3 Å². The maximum Gasteiger partial charge on any atom is 0.131 e. The Morgan fingerprint density at radius 3 is 2.64 bits per heavy atom. The number of fused-ring (bicyclic) bond motifs is 2. The minimum atomic E-state index is -0.497. The van der Waals surface area contributed by atoms with Crippen molar-refractivity contribution in [3.63, 3.8) is 0 Å². The van der Waals surface area contributed by atoms with Crippen LogP contribution in [0.3, 0.4) is 0 Å². The summed E-state index contributed by atoms with van der Waals surface area (Å²) in [5.41, 5.74) is 16.1. The van der Waals surface area contributed by atoms with Gasteiger partial charge in [0.1, 0.15) is 12.1 Å². The predicted octanol–water partition coefficient (Wildman–Crippen LogP) is 2.39. The van der Waals surface area contributed by atoms with Gasteiger partial charge in [0.25, 0.3) is 0 Å². The molecular formula is C22H28N6. The van der Waals surface area contributed by atoms with E-state index in [1.807, 2.05) is 12.1 Å². The van der Waals surface area contributed by atoms with Crippen LogP contribution < -0.4 is 27.0 Å². The van der Waals surface area contributed by atoms with Gasteiger partial charge in [0.15, 0.2) is 0 Å². The first-order valence-electron chi connectivity index (χ1n) is 9.90. The molecule has 0 atom stereocenters.